The predicted octanol–water partition coefficient (Wildman–Crippen LogP) is 2.07. The summed E-state index contributed by atoms with van der Waals surface area (Å²) in [5, 5.41) is 21.9. The molecule has 2 rings (SSSR count). The zero-order valence-electron chi connectivity index (χ0n) is 11.3. The Morgan fingerprint density at radius 1 is 1.30 bits per heavy atom. The fourth-order valence-corrected chi connectivity index (χ4v) is 1.79. The van der Waals surface area contributed by atoms with Crippen molar-refractivity contribution in [2.45, 2.75) is 6.04 Å². The van der Waals surface area contributed by atoms with Crippen molar-refractivity contribution in [1.29, 1.82) is 0 Å². The van der Waals surface area contributed by atoms with Gasteiger partial charge in [0.1, 0.15) is 4.92 Å². The lowest BCUT2D eigenvalue weighted by molar-refractivity contribution is -0.402. The van der Waals surface area contributed by atoms with Crippen LogP contribution in [0.1, 0.15) is 22.2 Å². The van der Waals surface area contributed by atoms with Crippen molar-refractivity contribution in [2.75, 3.05) is 6.61 Å². The number of nitrogens with one attached hydrogen (secondary N) is 1. The minimum atomic E-state index is -1.68. The number of hydrogen-bond acceptors (Lipinski definition) is 5. The van der Waals surface area contributed by atoms with Gasteiger partial charge in [-0.2, -0.15) is 0 Å². The van der Waals surface area contributed by atoms with Crippen LogP contribution in [-0.4, -0.2) is 22.5 Å². The summed E-state index contributed by atoms with van der Waals surface area (Å²) >= 11 is 0. The molecule has 1 aromatic carbocycles. The summed E-state index contributed by atoms with van der Waals surface area (Å²) in [6.45, 7) is -0.751. The van der Waals surface area contributed by atoms with Crippen LogP contribution in [0.15, 0.2) is 28.7 Å². The molecule has 0 saturated carbocycles. The van der Waals surface area contributed by atoms with E-state index < -0.39 is 52.6 Å². The molecule has 1 amide bonds. The van der Waals surface area contributed by atoms with Crippen LogP contribution >= 0.6 is 0 Å². The average molecular weight is 330 g/mol. The number of aliphatic hydroxyl groups excluding tert-OH is 1. The molecule has 2 N–H and O–H groups in total. The van der Waals surface area contributed by atoms with Crippen LogP contribution in [-0.2, 0) is 0 Å². The van der Waals surface area contributed by atoms with Crippen LogP contribution in [0.4, 0.5) is 19.1 Å². The molecule has 0 radical (unpaired) electrons. The number of benzene rings is 1. The first-order chi connectivity index (χ1) is 10.8. The van der Waals surface area contributed by atoms with E-state index in [4.69, 9.17) is 0 Å². The Bertz CT molecular complexity index is 739. The monoisotopic (exact) mass is 330 g/mol. The normalized spacial score (nSPS) is 12.0. The summed E-state index contributed by atoms with van der Waals surface area (Å²) in [5.41, 5.74) is -0.224. The van der Waals surface area contributed by atoms with E-state index in [0.717, 1.165) is 12.1 Å². The molecule has 1 unspecified atom stereocenters. The maximum absolute atomic E-state index is 13.2. The van der Waals surface area contributed by atoms with E-state index in [2.05, 4.69) is 9.73 Å². The molecule has 1 heterocycles. The number of carbonyl (C=O) groups is 1. The van der Waals surface area contributed by atoms with E-state index in [9.17, 15) is 33.2 Å². The van der Waals surface area contributed by atoms with Gasteiger partial charge in [-0.25, -0.2) is 13.2 Å². The van der Waals surface area contributed by atoms with E-state index in [1.165, 1.54) is 0 Å². The number of amides is 1. The largest absolute Gasteiger partial charge is 0.433 e. The Morgan fingerprint density at radius 2 is 1.91 bits per heavy atom. The maximum Gasteiger partial charge on any atom is 0.433 e. The third-order valence-electron chi connectivity index (χ3n) is 2.89. The summed E-state index contributed by atoms with van der Waals surface area (Å²) in [4.78, 5) is 21.5. The molecule has 0 spiro atoms. The zero-order valence-corrected chi connectivity index (χ0v) is 11.3. The lowest BCUT2D eigenvalue weighted by Crippen LogP contribution is -2.30. The molecule has 0 bridgehead atoms. The summed E-state index contributed by atoms with van der Waals surface area (Å²) in [6.07, 6.45) is 0. The van der Waals surface area contributed by atoms with Crippen molar-refractivity contribution in [2.24, 2.45) is 0 Å². The molecule has 0 aliphatic heterocycles. The number of rotatable bonds is 5. The highest BCUT2D eigenvalue weighted by molar-refractivity contribution is 5.92. The highest BCUT2D eigenvalue weighted by Gasteiger charge is 2.22. The van der Waals surface area contributed by atoms with Gasteiger partial charge in [-0.05, 0) is 23.8 Å². The lowest BCUT2D eigenvalue weighted by atomic mass is 10.1. The summed E-state index contributed by atoms with van der Waals surface area (Å²) in [6, 6.07) is 1.93. The van der Waals surface area contributed by atoms with Gasteiger partial charge in [-0.1, -0.05) is 0 Å². The first-order valence-electron chi connectivity index (χ1n) is 6.14. The van der Waals surface area contributed by atoms with Crippen LogP contribution in [0.3, 0.4) is 0 Å². The van der Waals surface area contributed by atoms with Crippen LogP contribution in [0, 0.1) is 27.6 Å². The maximum atomic E-state index is 13.2. The molecule has 2 aromatic rings. The minimum Gasteiger partial charge on any atom is -0.395 e. The van der Waals surface area contributed by atoms with Crippen molar-refractivity contribution in [3.8, 4) is 0 Å². The van der Waals surface area contributed by atoms with Gasteiger partial charge in [-0.15, -0.1) is 0 Å². The van der Waals surface area contributed by atoms with E-state index in [0.29, 0.717) is 12.1 Å². The van der Waals surface area contributed by atoms with Crippen LogP contribution in [0.5, 0.6) is 0 Å². The molecule has 0 aliphatic rings. The van der Waals surface area contributed by atoms with Gasteiger partial charge < -0.3 is 14.8 Å². The van der Waals surface area contributed by atoms with Gasteiger partial charge in [0, 0.05) is 0 Å². The van der Waals surface area contributed by atoms with Gasteiger partial charge in [0.05, 0.1) is 18.7 Å². The predicted molar refractivity (Wildman–Crippen MR) is 69.0 cm³/mol. The van der Waals surface area contributed by atoms with Crippen molar-refractivity contribution in [3.63, 3.8) is 0 Å². The SMILES string of the molecule is O=C(NC(CO)c1cc(F)c(F)c(F)c1)c1ccc([N+](=O)[O-])o1. The summed E-state index contributed by atoms with van der Waals surface area (Å²) < 4.78 is 43.9. The van der Waals surface area contributed by atoms with Gasteiger partial charge >= 0.3 is 5.88 Å². The number of hydrogen-bond donors (Lipinski definition) is 2. The molecule has 1 atom stereocenters. The topological polar surface area (TPSA) is 106 Å². The summed E-state index contributed by atoms with van der Waals surface area (Å²) in [5.74, 6) is -6.71. The highest BCUT2D eigenvalue weighted by Crippen LogP contribution is 2.21. The molecule has 0 saturated heterocycles. The molecular weight excluding hydrogens is 321 g/mol. The van der Waals surface area contributed by atoms with E-state index in [1.807, 2.05) is 0 Å². The third-order valence-corrected chi connectivity index (χ3v) is 2.89. The van der Waals surface area contributed by atoms with Gasteiger partial charge in [0.2, 0.25) is 0 Å². The lowest BCUT2D eigenvalue weighted by Gasteiger charge is -2.16. The summed E-state index contributed by atoms with van der Waals surface area (Å²) in [7, 11) is 0. The molecule has 0 fully saturated rings. The van der Waals surface area contributed by atoms with Crippen LogP contribution < -0.4 is 5.32 Å². The standard InChI is InChI=1S/C13H9F3N2O5/c14-7-3-6(4-8(15)12(7)16)9(5-19)17-13(20)10-1-2-11(23-10)18(21)22/h1-4,9,19H,5H2,(H,17,20). The van der Waals surface area contributed by atoms with Crippen LogP contribution in [0.2, 0.25) is 0 Å². The average Bonchev–Trinajstić information content (AvgIpc) is 2.99. The second-order valence-corrected chi connectivity index (χ2v) is 4.40. The Morgan fingerprint density at radius 3 is 2.39 bits per heavy atom. The van der Waals surface area contributed by atoms with Crippen molar-refractivity contribution >= 4 is 11.8 Å². The number of nitro groups is 1. The van der Waals surface area contributed by atoms with Gasteiger partial charge in [-0.3, -0.25) is 14.9 Å². The van der Waals surface area contributed by atoms with Crippen molar-refractivity contribution < 1.29 is 32.4 Å². The van der Waals surface area contributed by atoms with Gasteiger partial charge in [0.25, 0.3) is 5.91 Å². The molecule has 7 nitrogen and oxygen atoms in total. The second kappa shape index (κ2) is 6.48. The molecule has 10 heteroatoms. The van der Waals surface area contributed by atoms with Crippen molar-refractivity contribution in [3.05, 3.63) is 63.2 Å². The van der Waals surface area contributed by atoms with E-state index >= 15 is 0 Å². The number of aliphatic hydroxyl groups is 1. The molecule has 1 aromatic heterocycles. The smallest absolute Gasteiger partial charge is 0.395 e. The van der Waals surface area contributed by atoms with E-state index in [1.54, 1.807) is 0 Å². The number of furan rings is 1. The Kier molecular flexibility index (Phi) is 4.65. The highest BCUT2D eigenvalue weighted by atomic mass is 19.2. The van der Waals surface area contributed by atoms with Crippen LogP contribution in [0.25, 0.3) is 0 Å². The Balaban J connectivity index is 2.21. The molecule has 122 valence electrons. The fraction of sp³-hybridized carbons (Fsp3) is 0.154. The minimum absolute atomic E-state index is 0.224. The number of carbonyl (C=O) groups excluding carboxylic acids is 1. The number of nitrogens with zero attached hydrogens (tertiary/aromatic N) is 1. The quantitative estimate of drug-likeness (QED) is 0.496. The zero-order chi connectivity index (χ0) is 17.1. The number of halogens is 3. The van der Waals surface area contributed by atoms with Gasteiger partial charge in [0.15, 0.2) is 23.2 Å². The molecular formula is C13H9F3N2O5. The second-order valence-electron chi connectivity index (χ2n) is 4.40. The molecule has 23 heavy (non-hydrogen) atoms. The first kappa shape index (κ1) is 16.5. The third kappa shape index (κ3) is 3.48. The van der Waals surface area contributed by atoms with E-state index in [-0.39, 0.29) is 5.56 Å². The first-order valence-corrected chi connectivity index (χ1v) is 6.14. The fourth-order valence-electron chi connectivity index (χ4n) is 1.79. The Labute approximate surface area is 126 Å². The van der Waals surface area contributed by atoms with Crippen molar-refractivity contribution in [1.82, 2.24) is 5.32 Å². The molecule has 0 aliphatic carbocycles. The Hall–Kier alpha value is -2.88.